The third-order valence-corrected chi connectivity index (χ3v) is 9.20. The van der Waals surface area contributed by atoms with Crippen LogP contribution in [0.5, 0.6) is 11.5 Å². The topological polar surface area (TPSA) is 112 Å². The Bertz CT molecular complexity index is 1460. The molecule has 0 radical (unpaired) electrons. The Balaban J connectivity index is 0.000000138. The molecule has 6 atom stereocenters. The van der Waals surface area contributed by atoms with Crippen LogP contribution in [0.15, 0.2) is 42.7 Å². The molecule has 0 aliphatic carbocycles. The Hall–Kier alpha value is -3.63. The molecule has 8 rings (SSSR count). The molecule has 5 aliphatic heterocycles. The number of hydrogen-bond acceptors (Lipinski definition) is 7. The fourth-order valence-electron chi connectivity index (χ4n) is 7.31. The van der Waals surface area contributed by atoms with E-state index >= 15 is 0 Å². The van der Waals surface area contributed by atoms with E-state index in [0.717, 1.165) is 48.8 Å². The van der Waals surface area contributed by atoms with Gasteiger partial charge in [-0.2, -0.15) is 0 Å². The molecule has 0 saturated carbocycles. The average molecular weight is 573 g/mol. The number of hydrogen-bond donors (Lipinski definition) is 3. The van der Waals surface area contributed by atoms with Crippen molar-refractivity contribution in [2.45, 2.75) is 57.4 Å². The van der Waals surface area contributed by atoms with E-state index in [-0.39, 0.29) is 17.9 Å². The van der Waals surface area contributed by atoms with E-state index in [0.29, 0.717) is 28.7 Å². The van der Waals surface area contributed by atoms with Crippen LogP contribution in [0.25, 0.3) is 11.0 Å². The van der Waals surface area contributed by atoms with Crippen LogP contribution >= 0.6 is 0 Å². The first-order valence-corrected chi connectivity index (χ1v) is 15.3. The SMILES string of the molecule is CC1(C)Oc2ccc(C(=O)N[C@@H]3C[C@H]4CCN(C4)C3)cc2O1.O=C(N[C@@H]1C[C@H]2CCN(C2)C1)c1ccc2nc[nH]c2c1. The summed E-state index contributed by atoms with van der Waals surface area (Å²) >= 11 is 0. The average Bonchev–Trinajstić information content (AvgIpc) is 3.72. The van der Waals surface area contributed by atoms with Crippen LogP contribution in [-0.4, -0.2) is 88.7 Å². The van der Waals surface area contributed by atoms with Crippen molar-refractivity contribution in [1.82, 2.24) is 30.4 Å². The maximum atomic E-state index is 12.5. The van der Waals surface area contributed by atoms with Gasteiger partial charge in [-0.3, -0.25) is 9.59 Å². The van der Waals surface area contributed by atoms with Crippen molar-refractivity contribution in [2.24, 2.45) is 11.8 Å². The fourth-order valence-corrected chi connectivity index (χ4v) is 7.31. The highest BCUT2D eigenvalue weighted by atomic mass is 16.7. The van der Waals surface area contributed by atoms with Crippen LogP contribution in [0.1, 0.15) is 60.2 Å². The lowest BCUT2D eigenvalue weighted by Crippen LogP contribution is -2.47. The predicted molar refractivity (Wildman–Crippen MR) is 159 cm³/mol. The van der Waals surface area contributed by atoms with E-state index in [2.05, 4.69) is 30.4 Å². The van der Waals surface area contributed by atoms with Gasteiger partial charge in [-0.05, 0) is 87.0 Å². The second kappa shape index (κ2) is 10.9. The Kier molecular flexibility index (Phi) is 7.06. The van der Waals surface area contributed by atoms with Crippen molar-refractivity contribution < 1.29 is 19.1 Å². The fraction of sp³-hybridized carbons (Fsp3) is 0.531. The van der Waals surface area contributed by atoms with Gasteiger partial charge in [0, 0.05) is 63.2 Å². The molecule has 6 heterocycles. The minimum Gasteiger partial charge on any atom is -0.449 e. The second-order valence-corrected chi connectivity index (χ2v) is 13.0. The smallest absolute Gasteiger partial charge is 0.251 e. The minimum atomic E-state index is -0.659. The van der Waals surface area contributed by atoms with Crippen LogP contribution in [0.3, 0.4) is 0 Å². The van der Waals surface area contributed by atoms with E-state index < -0.39 is 5.79 Å². The first-order valence-electron chi connectivity index (χ1n) is 15.3. The Morgan fingerprint density at radius 2 is 1.43 bits per heavy atom. The van der Waals surface area contributed by atoms with Crippen molar-refractivity contribution in [3.63, 3.8) is 0 Å². The summed E-state index contributed by atoms with van der Waals surface area (Å²) in [7, 11) is 0. The lowest BCUT2D eigenvalue weighted by molar-refractivity contribution is -0.0431. The number of nitrogens with one attached hydrogen (secondary N) is 3. The molecule has 0 spiro atoms. The second-order valence-electron chi connectivity index (χ2n) is 13.0. The number of imidazole rings is 1. The van der Waals surface area contributed by atoms with Crippen LogP contribution in [0, 0.1) is 11.8 Å². The maximum absolute atomic E-state index is 12.5. The highest BCUT2D eigenvalue weighted by Crippen LogP contribution is 2.39. The summed E-state index contributed by atoms with van der Waals surface area (Å²) < 4.78 is 11.4. The zero-order chi connectivity index (χ0) is 28.8. The molecule has 2 amide bonds. The highest BCUT2D eigenvalue weighted by Gasteiger charge is 2.35. The number of carbonyl (C=O) groups is 2. The monoisotopic (exact) mass is 572 g/mol. The number of aromatic nitrogens is 2. The number of benzene rings is 2. The molecule has 4 bridgehead atoms. The summed E-state index contributed by atoms with van der Waals surface area (Å²) in [6.45, 7) is 10.5. The number of nitrogens with zero attached hydrogens (tertiary/aromatic N) is 3. The Morgan fingerprint density at radius 1 is 0.833 bits per heavy atom. The highest BCUT2D eigenvalue weighted by molar-refractivity contribution is 5.97. The third kappa shape index (κ3) is 5.83. The third-order valence-electron chi connectivity index (χ3n) is 9.20. The normalized spacial score (nSPS) is 30.0. The van der Waals surface area contributed by atoms with Gasteiger partial charge in [-0.25, -0.2) is 4.98 Å². The molecular weight excluding hydrogens is 532 g/mol. The first kappa shape index (κ1) is 27.2. The molecule has 42 heavy (non-hydrogen) atoms. The molecule has 3 N–H and O–H groups in total. The van der Waals surface area contributed by atoms with E-state index in [9.17, 15) is 9.59 Å². The predicted octanol–water partition coefficient (Wildman–Crippen LogP) is 3.40. The number of rotatable bonds is 4. The zero-order valence-corrected chi connectivity index (χ0v) is 24.4. The summed E-state index contributed by atoms with van der Waals surface area (Å²) in [6.07, 6.45) is 6.42. The van der Waals surface area contributed by atoms with Gasteiger partial charge >= 0.3 is 0 Å². The van der Waals surface area contributed by atoms with Crippen LogP contribution in [0.4, 0.5) is 0 Å². The summed E-state index contributed by atoms with van der Waals surface area (Å²) in [5.74, 6) is 2.19. The summed E-state index contributed by atoms with van der Waals surface area (Å²) in [5.41, 5.74) is 3.14. The number of aromatic amines is 1. The van der Waals surface area contributed by atoms with Crippen LogP contribution < -0.4 is 20.1 Å². The lowest BCUT2D eigenvalue weighted by Gasteiger charge is -2.30. The number of piperidine rings is 2. The van der Waals surface area contributed by atoms with Crippen molar-refractivity contribution in [2.75, 3.05) is 39.3 Å². The number of H-pyrrole nitrogens is 1. The van der Waals surface area contributed by atoms with Crippen molar-refractivity contribution >= 4 is 22.8 Å². The molecule has 1 aromatic heterocycles. The zero-order valence-electron chi connectivity index (χ0n) is 24.4. The molecule has 2 unspecified atom stereocenters. The molecule has 4 fully saturated rings. The number of fused-ring (bicyclic) bond motifs is 6. The van der Waals surface area contributed by atoms with E-state index in [1.165, 1.54) is 39.0 Å². The molecule has 222 valence electrons. The quantitative estimate of drug-likeness (QED) is 0.439. The van der Waals surface area contributed by atoms with Gasteiger partial charge in [-0.1, -0.05) is 0 Å². The van der Waals surface area contributed by atoms with Gasteiger partial charge in [0.1, 0.15) is 0 Å². The van der Waals surface area contributed by atoms with E-state index in [1.54, 1.807) is 18.5 Å². The van der Waals surface area contributed by atoms with Crippen molar-refractivity contribution in [1.29, 1.82) is 0 Å². The van der Waals surface area contributed by atoms with E-state index in [1.807, 2.05) is 38.1 Å². The Morgan fingerprint density at radius 3 is 2.07 bits per heavy atom. The van der Waals surface area contributed by atoms with Gasteiger partial charge in [0.25, 0.3) is 11.8 Å². The van der Waals surface area contributed by atoms with Crippen molar-refractivity contribution in [3.05, 3.63) is 53.9 Å². The Labute approximate surface area is 246 Å². The number of ether oxygens (including phenoxy) is 2. The molecule has 10 nitrogen and oxygen atoms in total. The van der Waals surface area contributed by atoms with Crippen LogP contribution in [-0.2, 0) is 0 Å². The molecule has 4 saturated heterocycles. The molecule has 10 heteroatoms. The van der Waals surface area contributed by atoms with Crippen molar-refractivity contribution in [3.8, 4) is 11.5 Å². The summed E-state index contributed by atoms with van der Waals surface area (Å²) in [6, 6.07) is 11.5. The largest absolute Gasteiger partial charge is 0.449 e. The number of amides is 2. The summed E-state index contributed by atoms with van der Waals surface area (Å²) in [5, 5.41) is 6.35. The van der Waals surface area contributed by atoms with Gasteiger partial charge < -0.3 is 34.9 Å². The lowest BCUT2D eigenvalue weighted by atomic mass is 9.96. The number of carbonyl (C=O) groups excluding carboxylic acids is 2. The van der Waals surface area contributed by atoms with E-state index in [4.69, 9.17) is 9.47 Å². The molecular formula is C32H40N6O4. The standard InChI is InChI=1S/C17H22N2O3.C15H18N4O/c1-17(2)21-14-4-3-12(8-15(14)22-17)16(20)18-13-7-11-5-6-19(9-11)10-13;20-15(11-1-2-13-14(6-11)17-9-16-13)18-12-5-10-3-4-19(7-10)8-12/h3-4,8,11,13H,5-7,9-10H2,1-2H3,(H,18,20);1-2,6,9-10,12H,3-5,7-8H2,(H,16,17)(H,18,20)/t11-,13-;10-,12-/m11/s1. The van der Waals surface area contributed by atoms with Gasteiger partial charge in [0.05, 0.1) is 17.4 Å². The summed E-state index contributed by atoms with van der Waals surface area (Å²) in [4.78, 5) is 36.9. The molecule has 2 aromatic carbocycles. The molecule has 5 aliphatic rings. The molecule has 3 aromatic rings. The van der Waals surface area contributed by atoms with Crippen LogP contribution in [0.2, 0.25) is 0 Å². The van der Waals surface area contributed by atoms with Gasteiger partial charge in [-0.15, -0.1) is 0 Å². The first-order chi connectivity index (χ1) is 20.3. The maximum Gasteiger partial charge on any atom is 0.251 e. The van der Waals surface area contributed by atoms with Gasteiger partial charge in [0.2, 0.25) is 5.79 Å². The minimum absolute atomic E-state index is 0.0222. The van der Waals surface area contributed by atoms with Gasteiger partial charge in [0.15, 0.2) is 11.5 Å².